The van der Waals surface area contributed by atoms with Crippen LogP contribution in [-0.2, 0) is 17.1 Å². The molecule has 27 heavy (non-hydrogen) atoms. The van der Waals surface area contributed by atoms with E-state index in [-0.39, 0.29) is 10.6 Å². The number of benzene rings is 1. The number of rotatable bonds is 4. The van der Waals surface area contributed by atoms with Crippen LogP contribution in [0, 0.1) is 0 Å². The molecule has 1 amide bonds. The fourth-order valence-corrected chi connectivity index (χ4v) is 4.92. The predicted octanol–water partition coefficient (Wildman–Crippen LogP) is 2.59. The molecule has 1 aliphatic heterocycles. The largest absolute Gasteiger partial charge is 0.443 e. The molecule has 1 N–H and O–H groups in total. The molecule has 0 radical (unpaired) electrons. The monoisotopic (exact) mass is 388 g/mol. The molecule has 0 aliphatic carbocycles. The first-order valence-electron chi connectivity index (χ1n) is 8.77. The standard InChI is InChI=1S/C18H20N4O4S/c1-21-11-13(27(24,25)22-8-3-2-4-9-22)10-15(21)18(23)20-14-6-5-7-16-17(14)19-12-26-16/h5-7,10-12H,2-4,8-9H2,1H3,(H,20,23). The smallest absolute Gasteiger partial charge is 0.272 e. The minimum Gasteiger partial charge on any atom is -0.443 e. The highest BCUT2D eigenvalue weighted by molar-refractivity contribution is 7.89. The third-order valence-corrected chi connectivity index (χ3v) is 6.64. The van der Waals surface area contributed by atoms with Crippen molar-refractivity contribution in [1.29, 1.82) is 0 Å². The van der Waals surface area contributed by atoms with Crippen molar-refractivity contribution in [3.63, 3.8) is 0 Å². The van der Waals surface area contributed by atoms with Gasteiger partial charge < -0.3 is 14.3 Å². The molecule has 142 valence electrons. The molecule has 3 aromatic rings. The SMILES string of the molecule is Cn1cc(S(=O)(=O)N2CCCCC2)cc1C(=O)Nc1cccc2ocnc12. The molecule has 1 saturated heterocycles. The number of oxazole rings is 1. The second-order valence-corrected chi connectivity index (χ2v) is 8.53. The van der Waals surface area contributed by atoms with Gasteiger partial charge in [0, 0.05) is 26.3 Å². The lowest BCUT2D eigenvalue weighted by atomic mass is 10.2. The van der Waals surface area contributed by atoms with E-state index in [2.05, 4.69) is 10.3 Å². The van der Waals surface area contributed by atoms with E-state index in [1.165, 1.54) is 27.5 Å². The van der Waals surface area contributed by atoms with Crippen molar-refractivity contribution in [2.45, 2.75) is 24.2 Å². The van der Waals surface area contributed by atoms with Gasteiger partial charge in [0.1, 0.15) is 16.1 Å². The Balaban J connectivity index is 1.61. The van der Waals surface area contributed by atoms with Gasteiger partial charge in [0.05, 0.1) is 5.69 Å². The number of piperidine rings is 1. The van der Waals surface area contributed by atoms with Gasteiger partial charge in [-0.15, -0.1) is 0 Å². The minimum atomic E-state index is -3.59. The highest BCUT2D eigenvalue weighted by atomic mass is 32.2. The quantitative estimate of drug-likeness (QED) is 0.741. The number of fused-ring (bicyclic) bond motifs is 1. The predicted molar refractivity (Wildman–Crippen MR) is 100.0 cm³/mol. The van der Waals surface area contributed by atoms with Gasteiger partial charge in [-0.25, -0.2) is 13.4 Å². The average Bonchev–Trinajstić information content (AvgIpc) is 3.30. The molecule has 2 aromatic heterocycles. The summed E-state index contributed by atoms with van der Waals surface area (Å²) in [5.74, 6) is -0.409. The fraction of sp³-hybridized carbons (Fsp3) is 0.333. The summed E-state index contributed by atoms with van der Waals surface area (Å²) in [6, 6.07) is 6.64. The van der Waals surface area contributed by atoms with E-state index in [1.807, 2.05) is 0 Å². The summed E-state index contributed by atoms with van der Waals surface area (Å²) in [7, 11) is -1.94. The third kappa shape index (κ3) is 3.24. The maximum atomic E-state index is 12.8. The van der Waals surface area contributed by atoms with Crippen LogP contribution in [0.3, 0.4) is 0 Å². The molecule has 0 spiro atoms. The van der Waals surface area contributed by atoms with Gasteiger partial charge in [-0.1, -0.05) is 12.5 Å². The van der Waals surface area contributed by atoms with Crippen molar-refractivity contribution in [2.24, 2.45) is 7.05 Å². The number of aromatic nitrogens is 2. The molecule has 1 aromatic carbocycles. The Morgan fingerprint density at radius 3 is 2.78 bits per heavy atom. The van der Waals surface area contributed by atoms with Gasteiger partial charge in [-0.2, -0.15) is 4.31 Å². The molecule has 0 unspecified atom stereocenters. The van der Waals surface area contributed by atoms with Crippen LogP contribution in [0.15, 0.2) is 46.2 Å². The van der Waals surface area contributed by atoms with Crippen LogP contribution in [0.1, 0.15) is 29.8 Å². The molecular weight excluding hydrogens is 368 g/mol. The number of hydrogen-bond donors (Lipinski definition) is 1. The van der Waals surface area contributed by atoms with Gasteiger partial charge in [-0.3, -0.25) is 4.79 Å². The zero-order chi connectivity index (χ0) is 19.0. The Morgan fingerprint density at radius 1 is 1.22 bits per heavy atom. The summed E-state index contributed by atoms with van der Waals surface area (Å²) in [5, 5.41) is 2.78. The van der Waals surface area contributed by atoms with E-state index < -0.39 is 15.9 Å². The van der Waals surface area contributed by atoms with E-state index in [0.29, 0.717) is 29.9 Å². The Kier molecular flexibility index (Phi) is 4.48. The number of hydrogen-bond acceptors (Lipinski definition) is 5. The molecule has 4 rings (SSSR count). The Hall–Kier alpha value is -2.65. The van der Waals surface area contributed by atoms with E-state index in [4.69, 9.17) is 4.42 Å². The van der Waals surface area contributed by atoms with Crippen molar-refractivity contribution >= 4 is 32.7 Å². The van der Waals surface area contributed by atoms with Gasteiger partial charge >= 0.3 is 0 Å². The molecule has 1 fully saturated rings. The Morgan fingerprint density at radius 2 is 2.00 bits per heavy atom. The van der Waals surface area contributed by atoms with Crippen molar-refractivity contribution in [3.05, 3.63) is 42.5 Å². The number of carbonyl (C=O) groups is 1. The van der Waals surface area contributed by atoms with Crippen molar-refractivity contribution in [3.8, 4) is 0 Å². The van der Waals surface area contributed by atoms with Crippen LogP contribution in [0.4, 0.5) is 5.69 Å². The first-order chi connectivity index (χ1) is 13.0. The van der Waals surface area contributed by atoms with Gasteiger partial charge in [-0.05, 0) is 31.0 Å². The molecule has 0 atom stereocenters. The van der Waals surface area contributed by atoms with E-state index >= 15 is 0 Å². The zero-order valence-corrected chi connectivity index (χ0v) is 15.7. The van der Waals surface area contributed by atoms with E-state index in [9.17, 15) is 13.2 Å². The summed E-state index contributed by atoms with van der Waals surface area (Å²) < 4.78 is 33.9. The molecule has 0 bridgehead atoms. The van der Waals surface area contributed by atoms with Crippen LogP contribution in [0.2, 0.25) is 0 Å². The number of aryl methyl sites for hydroxylation is 1. The Bertz CT molecular complexity index is 1090. The molecule has 8 nitrogen and oxygen atoms in total. The maximum Gasteiger partial charge on any atom is 0.272 e. The zero-order valence-electron chi connectivity index (χ0n) is 14.9. The maximum absolute atomic E-state index is 12.8. The minimum absolute atomic E-state index is 0.136. The van der Waals surface area contributed by atoms with Crippen LogP contribution in [-0.4, -0.2) is 41.3 Å². The topological polar surface area (TPSA) is 97.4 Å². The highest BCUT2D eigenvalue weighted by Gasteiger charge is 2.28. The molecular formula is C18H20N4O4S. The van der Waals surface area contributed by atoms with Crippen LogP contribution >= 0.6 is 0 Å². The summed E-state index contributed by atoms with van der Waals surface area (Å²) in [5.41, 5.74) is 1.87. The van der Waals surface area contributed by atoms with Crippen molar-refractivity contribution < 1.29 is 17.6 Å². The Labute approximate surface area is 156 Å². The first-order valence-corrected chi connectivity index (χ1v) is 10.2. The second kappa shape index (κ2) is 6.82. The number of para-hydroxylation sites is 1. The van der Waals surface area contributed by atoms with Crippen molar-refractivity contribution in [2.75, 3.05) is 18.4 Å². The third-order valence-electron chi connectivity index (χ3n) is 4.77. The summed E-state index contributed by atoms with van der Waals surface area (Å²) >= 11 is 0. The van der Waals surface area contributed by atoms with Crippen LogP contribution in [0.25, 0.3) is 11.1 Å². The van der Waals surface area contributed by atoms with Crippen LogP contribution < -0.4 is 5.32 Å². The lowest BCUT2D eigenvalue weighted by Crippen LogP contribution is -2.35. The van der Waals surface area contributed by atoms with E-state index in [1.54, 1.807) is 25.2 Å². The fourth-order valence-electron chi connectivity index (χ4n) is 3.33. The molecule has 0 saturated carbocycles. The van der Waals surface area contributed by atoms with Gasteiger partial charge in [0.2, 0.25) is 10.0 Å². The molecule has 9 heteroatoms. The number of amides is 1. The van der Waals surface area contributed by atoms with Gasteiger partial charge in [0.15, 0.2) is 12.0 Å². The van der Waals surface area contributed by atoms with Gasteiger partial charge in [0.25, 0.3) is 5.91 Å². The van der Waals surface area contributed by atoms with E-state index in [0.717, 1.165) is 19.3 Å². The first kappa shape index (κ1) is 17.7. The summed E-state index contributed by atoms with van der Waals surface area (Å²) in [6.07, 6.45) is 5.56. The number of anilines is 1. The van der Waals surface area contributed by atoms with Crippen LogP contribution in [0.5, 0.6) is 0 Å². The normalized spacial score (nSPS) is 15.9. The van der Waals surface area contributed by atoms with Crippen molar-refractivity contribution in [1.82, 2.24) is 13.9 Å². The number of sulfonamides is 1. The average molecular weight is 388 g/mol. The molecule has 3 heterocycles. The lowest BCUT2D eigenvalue weighted by molar-refractivity contribution is 0.101. The molecule has 1 aliphatic rings. The lowest BCUT2D eigenvalue weighted by Gasteiger charge is -2.25. The summed E-state index contributed by atoms with van der Waals surface area (Å²) in [6.45, 7) is 1.04. The highest BCUT2D eigenvalue weighted by Crippen LogP contribution is 2.25. The number of carbonyl (C=O) groups excluding carboxylic acids is 1. The number of nitrogens with one attached hydrogen (secondary N) is 1. The number of nitrogens with zero attached hydrogens (tertiary/aromatic N) is 3. The summed E-state index contributed by atoms with van der Waals surface area (Å²) in [4.78, 5) is 17.0. The second-order valence-electron chi connectivity index (χ2n) is 6.60.